The minimum absolute atomic E-state index is 0.0139. The minimum Gasteiger partial charge on any atom is -0.481 e. The second-order valence-electron chi connectivity index (χ2n) is 4.83. The summed E-state index contributed by atoms with van der Waals surface area (Å²) in [5.74, 6) is -0.860. The van der Waals surface area contributed by atoms with Crippen LogP contribution in [0.4, 0.5) is 4.79 Å². The first-order chi connectivity index (χ1) is 9.08. The van der Waals surface area contributed by atoms with E-state index in [2.05, 4.69) is 24.1 Å². The van der Waals surface area contributed by atoms with Crippen LogP contribution in [-0.2, 0) is 4.79 Å². The van der Waals surface area contributed by atoms with Gasteiger partial charge in [0.05, 0.1) is 6.42 Å². The van der Waals surface area contributed by atoms with Crippen molar-refractivity contribution in [2.24, 2.45) is 0 Å². The number of hydrogen-bond acceptors (Lipinski definition) is 3. The lowest BCUT2D eigenvalue weighted by molar-refractivity contribution is -0.137. The quantitative estimate of drug-likeness (QED) is 0.655. The van der Waals surface area contributed by atoms with E-state index in [0.29, 0.717) is 13.1 Å². The molecule has 0 aromatic heterocycles. The van der Waals surface area contributed by atoms with E-state index in [9.17, 15) is 9.59 Å². The van der Waals surface area contributed by atoms with Gasteiger partial charge in [-0.15, -0.1) is 0 Å². The topological polar surface area (TPSA) is 72.9 Å². The number of nitrogens with one attached hydrogen (secondary N) is 1. The molecule has 6 nitrogen and oxygen atoms in total. The molecule has 2 amide bonds. The highest BCUT2D eigenvalue weighted by atomic mass is 16.4. The van der Waals surface area contributed by atoms with E-state index in [1.165, 1.54) is 0 Å². The van der Waals surface area contributed by atoms with Crippen molar-refractivity contribution in [3.8, 4) is 0 Å². The van der Waals surface area contributed by atoms with E-state index >= 15 is 0 Å². The van der Waals surface area contributed by atoms with Gasteiger partial charge >= 0.3 is 12.0 Å². The number of likely N-dealkylation sites (N-methyl/N-ethyl adjacent to an activating group) is 1. The Morgan fingerprint density at radius 1 is 1.21 bits per heavy atom. The number of amides is 2. The van der Waals surface area contributed by atoms with E-state index in [1.54, 1.807) is 4.90 Å². The van der Waals surface area contributed by atoms with Gasteiger partial charge in [0.1, 0.15) is 0 Å². The summed E-state index contributed by atoms with van der Waals surface area (Å²) in [4.78, 5) is 26.5. The molecule has 0 bridgehead atoms. The van der Waals surface area contributed by atoms with Crippen LogP contribution in [0.1, 0.15) is 33.1 Å². The van der Waals surface area contributed by atoms with Gasteiger partial charge in [-0.25, -0.2) is 4.79 Å². The molecule has 110 valence electrons. The fourth-order valence-electron chi connectivity index (χ4n) is 2.01. The Balaban J connectivity index is 2.29. The lowest BCUT2D eigenvalue weighted by Crippen LogP contribution is -2.45. The molecule has 2 N–H and O–H groups in total. The molecule has 1 saturated carbocycles. The molecule has 6 heteroatoms. The van der Waals surface area contributed by atoms with Crippen molar-refractivity contribution in [1.29, 1.82) is 0 Å². The van der Waals surface area contributed by atoms with Gasteiger partial charge < -0.3 is 20.2 Å². The molecule has 0 aromatic carbocycles. The first-order valence-electron chi connectivity index (χ1n) is 7.07. The molecular formula is C13H25N3O3. The first-order valence-corrected chi connectivity index (χ1v) is 7.07. The van der Waals surface area contributed by atoms with Crippen LogP contribution in [0, 0.1) is 0 Å². The molecule has 0 spiro atoms. The van der Waals surface area contributed by atoms with Crippen LogP contribution in [0.15, 0.2) is 0 Å². The molecule has 0 atom stereocenters. The summed E-state index contributed by atoms with van der Waals surface area (Å²) < 4.78 is 0. The number of nitrogens with zero attached hydrogens (tertiary/aromatic N) is 2. The predicted octanol–water partition coefficient (Wildman–Crippen LogP) is 0.977. The van der Waals surface area contributed by atoms with Crippen LogP contribution in [0.25, 0.3) is 0 Å². The zero-order valence-corrected chi connectivity index (χ0v) is 11.9. The number of hydrogen-bond donors (Lipinski definition) is 2. The molecule has 1 aliphatic rings. The summed E-state index contributed by atoms with van der Waals surface area (Å²) >= 11 is 0. The zero-order valence-electron chi connectivity index (χ0n) is 11.9. The van der Waals surface area contributed by atoms with Gasteiger partial charge in [0, 0.05) is 25.7 Å². The summed E-state index contributed by atoms with van der Waals surface area (Å²) in [6, 6.07) is 0.115. The van der Waals surface area contributed by atoms with Gasteiger partial charge in [-0.05, 0) is 25.9 Å². The average Bonchev–Trinajstić information content (AvgIpc) is 3.19. The zero-order chi connectivity index (χ0) is 14.3. The van der Waals surface area contributed by atoms with E-state index in [-0.39, 0.29) is 18.5 Å². The minimum atomic E-state index is -0.860. The second kappa shape index (κ2) is 7.99. The molecule has 0 aliphatic heterocycles. The van der Waals surface area contributed by atoms with Crippen molar-refractivity contribution in [3.05, 3.63) is 0 Å². The van der Waals surface area contributed by atoms with E-state index in [4.69, 9.17) is 5.11 Å². The van der Waals surface area contributed by atoms with Gasteiger partial charge in [-0.2, -0.15) is 0 Å². The third-order valence-electron chi connectivity index (χ3n) is 3.41. The number of urea groups is 1. The van der Waals surface area contributed by atoms with Crippen molar-refractivity contribution < 1.29 is 14.7 Å². The predicted molar refractivity (Wildman–Crippen MR) is 73.2 cm³/mol. The van der Waals surface area contributed by atoms with Gasteiger partial charge in [0.2, 0.25) is 0 Å². The van der Waals surface area contributed by atoms with Gasteiger partial charge in [-0.3, -0.25) is 4.79 Å². The van der Waals surface area contributed by atoms with Crippen LogP contribution in [0.5, 0.6) is 0 Å². The molecular weight excluding hydrogens is 246 g/mol. The maximum atomic E-state index is 12.0. The highest BCUT2D eigenvalue weighted by Gasteiger charge is 2.32. The van der Waals surface area contributed by atoms with Crippen LogP contribution in [0.2, 0.25) is 0 Å². The van der Waals surface area contributed by atoms with Crippen LogP contribution in [0.3, 0.4) is 0 Å². The number of carboxylic acid groups (broad SMARTS) is 1. The number of rotatable bonds is 9. The molecule has 19 heavy (non-hydrogen) atoms. The van der Waals surface area contributed by atoms with Gasteiger partial charge in [0.25, 0.3) is 0 Å². The third kappa shape index (κ3) is 5.92. The van der Waals surface area contributed by atoms with Crippen molar-refractivity contribution in [1.82, 2.24) is 15.1 Å². The maximum absolute atomic E-state index is 12.0. The standard InChI is InChI=1S/C13H25N3O3/c1-3-15(4-2)10-8-14-13(19)16(11-5-6-11)9-7-12(17)18/h11H,3-10H2,1-2H3,(H,14,19)(H,17,18). The monoisotopic (exact) mass is 271 g/mol. The van der Waals surface area contributed by atoms with E-state index in [0.717, 1.165) is 32.5 Å². The highest BCUT2D eigenvalue weighted by Crippen LogP contribution is 2.26. The Bertz CT molecular complexity index is 302. The molecule has 1 fully saturated rings. The lowest BCUT2D eigenvalue weighted by atomic mass is 10.4. The summed E-state index contributed by atoms with van der Waals surface area (Å²) in [6.07, 6.45) is 1.99. The van der Waals surface area contributed by atoms with Crippen molar-refractivity contribution in [2.45, 2.75) is 39.2 Å². The second-order valence-corrected chi connectivity index (χ2v) is 4.83. The van der Waals surface area contributed by atoms with Gasteiger partial charge in [-0.1, -0.05) is 13.8 Å². The maximum Gasteiger partial charge on any atom is 0.317 e. The summed E-state index contributed by atoms with van der Waals surface area (Å²) in [5, 5.41) is 11.6. The Hall–Kier alpha value is -1.30. The first kappa shape index (κ1) is 15.8. The molecule has 0 unspecified atom stereocenters. The Labute approximate surface area is 114 Å². The molecule has 0 aromatic rings. The van der Waals surface area contributed by atoms with E-state index in [1.807, 2.05) is 0 Å². The molecule has 0 radical (unpaired) electrons. The fraction of sp³-hybridized carbons (Fsp3) is 0.846. The summed E-state index contributed by atoms with van der Waals surface area (Å²) in [7, 11) is 0. The number of aliphatic carboxylic acids is 1. The lowest BCUT2D eigenvalue weighted by Gasteiger charge is -2.23. The van der Waals surface area contributed by atoms with Crippen molar-refractivity contribution in [2.75, 3.05) is 32.7 Å². The van der Waals surface area contributed by atoms with Crippen molar-refractivity contribution in [3.63, 3.8) is 0 Å². The molecule has 1 aliphatic carbocycles. The number of carbonyl (C=O) groups is 2. The normalized spacial score (nSPS) is 14.5. The Kier molecular flexibility index (Phi) is 6.62. The SMILES string of the molecule is CCN(CC)CCNC(=O)N(CCC(=O)O)C1CC1. The fourth-order valence-corrected chi connectivity index (χ4v) is 2.01. The Morgan fingerprint density at radius 2 is 1.84 bits per heavy atom. The van der Waals surface area contributed by atoms with E-state index < -0.39 is 5.97 Å². The highest BCUT2D eigenvalue weighted by molar-refractivity contribution is 5.76. The third-order valence-corrected chi connectivity index (χ3v) is 3.41. The Morgan fingerprint density at radius 3 is 2.32 bits per heavy atom. The van der Waals surface area contributed by atoms with Crippen molar-refractivity contribution >= 4 is 12.0 Å². The van der Waals surface area contributed by atoms with Crippen LogP contribution < -0.4 is 5.32 Å². The number of carbonyl (C=O) groups excluding carboxylic acids is 1. The summed E-state index contributed by atoms with van der Waals surface area (Å²) in [6.45, 7) is 7.86. The summed E-state index contributed by atoms with van der Waals surface area (Å²) in [5.41, 5.74) is 0. The average molecular weight is 271 g/mol. The van der Waals surface area contributed by atoms with Crippen LogP contribution in [-0.4, -0.2) is 65.7 Å². The van der Waals surface area contributed by atoms with Crippen LogP contribution >= 0.6 is 0 Å². The smallest absolute Gasteiger partial charge is 0.317 e. The number of carboxylic acids is 1. The largest absolute Gasteiger partial charge is 0.481 e. The van der Waals surface area contributed by atoms with Gasteiger partial charge in [0.15, 0.2) is 0 Å². The molecule has 0 heterocycles. The molecule has 1 rings (SSSR count). The molecule has 0 saturated heterocycles.